The molecule has 0 N–H and O–H groups in total. The highest BCUT2D eigenvalue weighted by Gasteiger charge is 2.56. The Morgan fingerprint density at radius 3 is 1.30 bits per heavy atom. The molecule has 3 aromatic heterocycles. The van der Waals surface area contributed by atoms with Gasteiger partial charge in [0, 0.05) is 49.2 Å². The molecule has 3 aliphatic heterocycles. The molecule has 0 fully saturated rings. The Kier molecular flexibility index (Phi) is 10.4. The third-order valence-corrected chi connectivity index (χ3v) is 21.4. The maximum absolute atomic E-state index is 2.83. The van der Waals surface area contributed by atoms with Crippen molar-refractivity contribution in [2.24, 2.45) is 0 Å². The first-order valence-electron chi connectivity index (χ1n) is 32.5. The second-order valence-electron chi connectivity index (χ2n) is 34.3. The summed E-state index contributed by atoms with van der Waals surface area (Å²) in [6.07, 6.45) is 0. The topological polar surface area (TPSA) is 14.8 Å². The fraction of sp³-hybridized carbons (Fsp3) is 0.349. The van der Waals surface area contributed by atoms with Gasteiger partial charge >= 0.3 is 0 Å². The predicted molar refractivity (Wildman–Crippen MR) is 376 cm³/mol. The SMILES string of the molecule is CC(C)(C)c1cc(C(C)(C)C)c(-n2c3ccccc3c3c4c5ccccc5n5c4c(cc32)B2c3c-5ccc4c3-n3c5c2cc(C(C)(C)C)cc5c2cc(C(C)(C)C)cc(c23)C42c3cc(C(C)(C)C)ccc3-c3ccc(C(C)(C)C)cc32)c(C(C)(C)C)c1. The number of rotatable bonds is 1. The molecule has 12 aromatic rings. The number of fused-ring (bicyclic) bond motifs is 18. The molecule has 0 atom stereocenters. The monoisotopic (exact) mass is 1140 g/mol. The lowest BCUT2D eigenvalue weighted by molar-refractivity contribution is 0.545. The molecule has 0 saturated heterocycles. The van der Waals surface area contributed by atoms with Gasteiger partial charge in [-0.1, -0.05) is 249 Å². The Balaban J connectivity index is 1.16. The lowest BCUT2D eigenvalue weighted by atomic mass is 9.33. The highest BCUT2D eigenvalue weighted by atomic mass is 15.1. The molecule has 0 unspecified atom stereocenters. The van der Waals surface area contributed by atoms with E-state index in [1.807, 2.05) is 0 Å². The molecule has 0 saturated carbocycles. The van der Waals surface area contributed by atoms with E-state index in [1.165, 1.54) is 171 Å². The fourth-order valence-corrected chi connectivity index (χ4v) is 16.8. The van der Waals surface area contributed by atoms with Gasteiger partial charge in [-0.3, -0.25) is 0 Å². The summed E-state index contributed by atoms with van der Waals surface area (Å²) >= 11 is 0. The Bertz CT molecular complexity index is 5020. The minimum atomic E-state index is -0.646. The molecule has 0 amide bonds. The van der Waals surface area contributed by atoms with Crippen molar-refractivity contribution in [3.63, 3.8) is 0 Å². The van der Waals surface area contributed by atoms with E-state index in [-0.39, 0.29) is 44.6 Å². The molecule has 1 spiro atoms. The summed E-state index contributed by atoms with van der Waals surface area (Å²) in [4.78, 5) is 0. The standard InChI is InChI=1S/C83H86BN3/c1-76(2,3)45-30-32-50-51-33-31-46(77(4,5)6)39-58(51)83(57(50)38-45)56-34-35-66-70-74(56)87-71-54(36-47(42-61(71)83)78(7,8)9)55-37-48(79(10,11)12)43-62(72(55)87)84(70)63-44-67-68(69-53-27-23-25-29-65(53)85(66)75(63)69)52-26-22-24-28-64(52)86(67)73-59(81(16,17)18)40-49(80(13,14)15)41-60(73)82(19,20)21/h22-44H,1-21H3. The molecule has 87 heavy (non-hydrogen) atoms. The van der Waals surface area contributed by atoms with E-state index in [1.54, 1.807) is 0 Å². The van der Waals surface area contributed by atoms with Crippen LogP contribution in [0.1, 0.15) is 207 Å². The average molecular weight is 1140 g/mol. The van der Waals surface area contributed by atoms with Gasteiger partial charge < -0.3 is 13.7 Å². The minimum Gasteiger partial charge on any atom is -0.310 e. The molecular weight excluding hydrogens is 1050 g/mol. The summed E-state index contributed by atoms with van der Waals surface area (Å²) in [6.45, 7) is 50.6. The predicted octanol–water partition coefficient (Wildman–Crippen LogP) is 19.9. The Morgan fingerprint density at radius 2 is 0.770 bits per heavy atom. The number of hydrogen-bond donors (Lipinski definition) is 0. The van der Waals surface area contributed by atoms with Gasteiger partial charge in [-0.25, -0.2) is 0 Å². The quantitative estimate of drug-likeness (QED) is 0.146. The van der Waals surface area contributed by atoms with Crippen molar-refractivity contribution < 1.29 is 0 Å². The van der Waals surface area contributed by atoms with Crippen molar-refractivity contribution in [1.82, 2.24) is 13.7 Å². The maximum Gasteiger partial charge on any atom is 0.252 e. The summed E-state index contributed by atoms with van der Waals surface area (Å²) < 4.78 is 8.30. The van der Waals surface area contributed by atoms with Crippen LogP contribution in [0.2, 0.25) is 0 Å². The number of hydrogen-bond acceptors (Lipinski definition) is 0. The molecule has 436 valence electrons. The highest BCUT2D eigenvalue weighted by Crippen LogP contribution is 2.63. The third-order valence-electron chi connectivity index (χ3n) is 21.4. The Labute approximate surface area is 516 Å². The zero-order chi connectivity index (χ0) is 61.5. The van der Waals surface area contributed by atoms with Crippen LogP contribution in [0.4, 0.5) is 0 Å². The van der Waals surface area contributed by atoms with Gasteiger partial charge in [0.15, 0.2) is 0 Å². The lowest BCUT2D eigenvalue weighted by Gasteiger charge is -2.45. The molecule has 4 heteroatoms. The Hall–Kier alpha value is -7.56. The highest BCUT2D eigenvalue weighted by molar-refractivity contribution is 7.00. The third kappa shape index (κ3) is 7.03. The number of nitrogens with zero attached hydrogens (tertiary/aromatic N) is 3. The van der Waals surface area contributed by atoms with Gasteiger partial charge in [0.1, 0.15) is 0 Å². The van der Waals surface area contributed by atoms with Gasteiger partial charge in [0.25, 0.3) is 6.71 Å². The zero-order valence-electron chi connectivity index (χ0n) is 55.7. The van der Waals surface area contributed by atoms with Crippen molar-refractivity contribution in [3.05, 3.63) is 201 Å². The van der Waals surface area contributed by atoms with Crippen LogP contribution >= 0.6 is 0 Å². The second-order valence-corrected chi connectivity index (χ2v) is 34.3. The van der Waals surface area contributed by atoms with Crippen molar-refractivity contribution in [2.45, 2.75) is 189 Å². The molecule has 9 aromatic carbocycles. The number of aromatic nitrogens is 3. The van der Waals surface area contributed by atoms with Crippen molar-refractivity contribution in [1.29, 1.82) is 0 Å². The van der Waals surface area contributed by atoms with E-state index in [0.717, 1.165) is 0 Å². The molecule has 6 heterocycles. The van der Waals surface area contributed by atoms with Crippen LogP contribution in [-0.2, 0) is 43.3 Å². The Morgan fingerprint density at radius 1 is 0.310 bits per heavy atom. The minimum absolute atomic E-state index is 0.0412. The van der Waals surface area contributed by atoms with Crippen LogP contribution in [0, 0.1) is 0 Å². The molecule has 0 bridgehead atoms. The van der Waals surface area contributed by atoms with Gasteiger partial charge in [-0.15, -0.1) is 0 Å². The second kappa shape index (κ2) is 16.6. The first kappa shape index (κ1) is 54.8. The van der Waals surface area contributed by atoms with E-state index in [4.69, 9.17) is 0 Å². The number of benzene rings is 9. The smallest absolute Gasteiger partial charge is 0.252 e. The summed E-state index contributed by atoms with van der Waals surface area (Å²) in [5, 5.41) is 8.01. The maximum atomic E-state index is 2.83. The largest absolute Gasteiger partial charge is 0.310 e. The van der Waals surface area contributed by atoms with Crippen LogP contribution in [-0.4, -0.2) is 20.4 Å². The summed E-state index contributed by atoms with van der Waals surface area (Å²) in [5.41, 5.74) is 32.6. The summed E-state index contributed by atoms with van der Waals surface area (Å²) in [7, 11) is 0. The van der Waals surface area contributed by atoms with E-state index in [2.05, 4.69) is 299 Å². The van der Waals surface area contributed by atoms with Crippen LogP contribution in [0.3, 0.4) is 0 Å². The van der Waals surface area contributed by atoms with Crippen LogP contribution < -0.4 is 16.4 Å². The molecular formula is C83H86BN3. The molecule has 1 aliphatic carbocycles. The summed E-state index contributed by atoms with van der Waals surface area (Å²) in [5.74, 6) is 0. The molecule has 0 radical (unpaired) electrons. The van der Waals surface area contributed by atoms with Crippen molar-refractivity contribution >= 4 is 88.5 Å². The van der Waals surface area contributed by atoms with E-state index in [9.17, 15) is 0 Å². The van der Waals surface area contributed by atoms with Gasteiger partial charge in [-0.2, -0.15) is 0 Å². The molecule has 3 nitrogen and oxygen atoms in total. The zero-order valence-corrected chi connectivity index (χ0v) is 55.7. The van der Waals surface area contributed by atoms with E-state index in [0.29, 0.717) is 0 Å². The summed E-state index contributed by atoms with van der Waals surface area (Å²) in [6, 6.07) is 57.5. The fourth-order valence-electron chi connectivity index (χ4n) is 16.8. The van der Waals surface area contributed by atoms with Gasteiger partial charge in [0.05, 0.1) is 38.7 Å². The number of para-hydroxylation sites is 2. The van der Waals surface area contributed by atoms with Crippen molar-refractivity contribution in [2.75, 3.05) is 0 Å². The van der Waals surface area contributed by atoms with E-state index >= 15 is 0 Å². The molecule has 16 rings (SSSR count). The van der Waals surface area contributed by atoms with Crippen LogP contribution in [0.25, 0.3) is 93.6 Å². The molecule has 4 aliphatic rings. The normalized spacial score (nSPS) is 15.3. The van der Waals surface area contributed by atoms with Crippen LogP contribution in [0.15, 0.2) is 140 Å². The lowest BCUT2D eigenvalue weighted by Crippen LogP contribution is -2.60. The average Bonchev–Trinajstić information content (AvgIpc) is 1.53. The van der Waals surface area contributed by atoms with Crippen LogP contribution in [0.5, 0.6) is 0 Å². The first-order chi connectivity index (χ1) is 40.6. The van der Waals surface area contributed by atoms with Gasteiger partial charge in [-0.05, 0) is 163 Å². The van der Waals surface area contributed by atoms with Gasteiger partial charge in [0.2, 0.25) is 0 Å². The van der Waals surface area contributed by atoms with Crippen molar-refractivity contribution in [3.8, 4) is 28.2 Å². The van der Waals surface area contributed by atoms with E-state index < -0.39 is 5.41 Å². The first-order valence-corrected chi connectivity index (χ1v) is 32.5.